The number of nitrogens with one attached hydrogen (secondary N) is 2. The molecular weight excluding hydrogens is 268 g/mol. The molecule has 112 valence electrons. The summed E-state index contributed by atoms with van der Waals surface area (Å²) in [4.78, 5) is 21.8. The molecule has 0 aliphatic heterocycles. The number of amides is 2. The van der Waals surface area contributed by atoms with Crippen LogP contribution in [0, 0.1) is 0 Å². The second kappa shape index (κ2) is 9.91. The fourth-order valence-corrected chi connectivity index (χ4v) is 1.96. The average Bonchev–Trinajstić information content (AvgIpc) is 2.29. The van der Waals surface area contributed by atoms with E-state index in [4.69, 9.17) is 5.11 Å². The molecule has 2 amide bonds. The molecule has 1 unspecified atom stereocenters. The molecule has 0 heterocycles. The maximum Gasteiger partial charge on any atom is 0.314 e. The number of rotatable bonds is 10. The first-order valence-corrected chi connectivity index (χ1v) is 7.71. The zero-order chi connectivity index (χ0) is 14.7. The smallest absolute Gasteiger partial charge is 0.314 e. The Labute approximate surface area is 118 Å². The number of unbranched alkanes of at least 4 members (excludes halogenated alkanes) is 2. The number of urea groups is 1. The van der Waals surface area contributed by atoms with Gasteiger partial charge in [0.1, 0.15) is 0 Å². The lowest BCUT2D eigenvalue weighted by molar-refractivity contribution is -0.141. The van der Waals surface area contributed by atoms with Gasteiger partial charge in [-0.15, -0.1) is 0 Å². The molecule has 19 heavy (non-hydrogen) atoms. The van der Waals surface area contributed by atoms with E-state index < -0.39 is 18.0 Å². The average molecular weight is 292 g/mol. The fourth-order valence-electron chi connectivity index (χ4n) is 1.47. The number of carboxylic acid groups (broad SMARTS) is 1. The van der Waals surface area contributed by atoms with Crippen molar-refractivity contribution in [1.82, 2.24) is 10.6 Å². The van der Waals surface area contributed by atoms with Crippen LogP contribution in [0.3, 0.4) is 0 Å². The maximum absolute atomic E-state index is 11.4. The van der Waals surface area contributed by atoms with E-state index in [2.05, 4.69) is 16.9 Å². The maximum atomic E-state index is 11.4. The number of carboxylic acids is 1. The first-order valence-electron chi connectivity index (χ1n) is 6.32. The fraction of sp³-hybridized carbons (Fsp3) is 0.833. The molecule has 0 spiro atoms. The lowest BCUT2D eigenvalue weighted by Gasteiger charge is -2.21. The Bertz CT molecular complexity index is 285. The van der Waals surface area contributed by atoms with Gasteiger partial charge in [0.05, 0.1) is 12.0 Å². The van der Waals surface area contributed by atoms with Crippen LogP contribution in [0.1, 0.15) is 32.6 Å². The lowest BCUT2D eigenvalue weighted by atomic mass is 10.0. The zero-order valence-electron chi connectivity index (χ0n) is 11.6. The van der Waals surface area contributed by atoms with Crippen LogP contribution >= 0.6 is 11.8 Å². The highest BCUT2D eigenvalue weighted by molar-refractivity contribution is 7.98. The quantitative estimate of drug-likeness (QED) is 0.451. The minimum absolute atomic E-state index is 0.0857. The van der Waals surface area contributed by atoms with Crippen LogP contribution in [0.5, 0.6) is 0 Å². The van der Waals surface area contributed by atoms with Crippen molar-refractivity contribution in [3.63, 3.8) is 0 Å². The molecule has 0 rings (SSSR count). The van der Waals surface area contributed by atoms with E-state index >= 15 is 0 Å². The molecule has 0 aromatic heterocycles. The molecule has 0 fully saturated rings. The van der Waals surface area contributed by atoms with Crippen molar-refractivity contribution < 1.29 is 19.8 Å². The first kappa shape index (κ1) is 18.0. The molecule has 0 aromatic carbocycles. The number of carbonyl (C=O) groups excluding carboxylic acids is 1. The molecule has 0 aliphatic rings. The number of hydrogen-bond donors (Lipinski definition) is 4. The van der Waals surface area contributed by atoms with Crippen LogP contribution in [0.15, 0.2) is 0 Å². The summed E-state index contributed by atoms with van der Waals surface area (Å²) in [5, 5.41) is 23.4. The van der Waals surface area contributed by atoms with Crippen LogP contribution in [0.2, 0.25) is 0 Å². The Kier molecular flexibility index (Phi) is 9.42. The molecule has 1 atom stereocenters. The van der Waals surface area contributed by atoms with E-state index in [1.54, 1.807) is 11.8 Å². The Balaban J connectivity index is 3.61. The van der Waals surface area contributed by atoms with Gasteiger partial charge in [-0.3, -0.25) is 4.79 Å². The van der Waals surface area contributed by atoms with Crippen molar-refractivity contribution in [2.24, 2.45) is 0 Å². The summed E-state index contributed by atoms with van der Waals surface area (Å²) in [5.41, 5.74) is -1.43. The molecule has 0 aromatic rings. The largest absolute Gasteiger partial charge is 0.481 e. The summed E-state index contributed by atoms with van der Waals surface area (Å²) >= 11 is 1.81. The number of aliphatic carboxylic acids is 1. The van der Waals surface area contributed by atoms with Crippen molar-refractivity contribution in [2.75, 3.05) is 25.1 Å². The molecule has 0 saturated carbocycles. The highest BCUT2D eigenvalue weighted by atomic mass is 32.2. The van der Waals surface area contributed by atoms with E-state index in [0.29, 0.717) is 6.54 Å². The van der Waals surface area contributed by atoms with Crippen molar-refractivity contribution in [2.45, 2.75) is 38.2 Å². The normalized spacial score (nSPS) is 13.6. The highest BCUT2D eigenvalue weighted by Crippen LogP contribution is 2.07. The SMILES string of the molecule is CSCCCCCNC(=O)NCC(C)(O)CC(=O)O. The van der Waals surface area contributed by atoms with E-state index in [-0.39, 0.29) is 12.6 Å². The van der Waals surface area contributed by atoms with Crippen LogP contribution < -0.4 is 10.6 Å². The second-order valence-corrected chi connectivity index (χ2v) is 5.72. The van der Waals surface area contributed by atoms with E-state index in [0.717, 1.165) is 25.0 Å². The summed E-state index contributed by atoms with van der Waals surface area (Å²) in [6, 6.07) is -0.379. The van der Waals surface area contributed by atoms with Gasteiger partial charge in [-0.1, -0.05) is 6.42 Å². The van der Waals surface area contributed by atoms with E-state index in [9.17, 15) is 14.7 Å². The third kappa shape index (κ3) is 11.9. The number of aliphatic hydroxyl groups is 1. The molecule has 0 aliphatic carbocycles. The monoisotopic (exact) mass is 292 g/mol. The van der Waals surface area contributed by atoms with Crippen LogP contribution in [0.4, 0.5) is 4.79 Å². The lowest BCUT2D eigenvalue weighted by Crippen LogP contribution is -2.46. The van der Waals surface area contributed by atoms with Gasteiger partial charge in [-0.2, -0.15) is 11.8 Å². The second-order valence-electron chi connectivity index (χ2n) is 4.73. The van der Waals surface area contributed by atoms with Crippen LogP contribution in [-0.2, 0) is 4.79 Å². The van der Waals surface area contributed by atoms with E-state index in [1.807, 2.05) is 0 Å². The number of thioether (sulfide) groups is 1. The Morgan fingerprint density at radius 2 is 1.89 bits per heavy atom. The van der Waals surface area contributed by atoms with Gasteiger partial charge in [-0.05, 0) is 31.8 Å². The molecule has 4 N–H and O–H groups in total. The van der Waals surface area contributed by atoms with Gasteiger partial charge in [0, 0.05) is 13.1 Å². The zero-order valence-corrected chi connectivity index (χ0v) is 12.4. The molecule has 0 radical (unpaired) electrons. The predicted octanol–water partition coefficient (Wildman–Crippen LogP) is 1.04. The molecule has 6 nitrogen and oxygen atoms in total. The summed E-state index contributed by atoms with van der Waals surface area (Å²) < 4.78 is 0. The van der Waals surface area contributed by atoms with Crippen LogP contribution in [0.25, 0.3) is 0 Å². The first-order chi connectivity index (χ1) is 8.87. The minimum Gasteiger partial charge on any atom is -0.481 e. The van der Waals surface area contributed by atoms with Gasteiger partial charge < -0.3 is 20.8 Å². The van der Waals surface area contributed by atoms with Gasteiger partial charge in [0.25, 0.3) is 0 Å². The summed E-state index contributed by atoms with van der Waals surface area (Å²) in [6.45, 7) is 1.88. The highest BCUT2D eigenvalue weighted by Gasteiger charge is 2.24. The Morgan fingerprint density at radius 1 is 1.21 bits per heavy atom. The van der Waals surface area contributed by atoms with Crippen molar-refractivity contribution >= 4 is 23.8 Å². The van der Waals surface area contributed by atoms with Gasteiger partial charge in [0.2, 0.25) is 0 Å². The van der Waals surface area contributed by atoms with Crippen molar-refractivity contribution in [3.05, 3.63) is 0 Å². The summed E-state index contributed by atoms with van der Waals surface area (Å²) in [5.74, 6) is 0.0329. The third-order valence-corrected chi connectivity index (χ3v) is 3.17. The summed E-state index contributed by atoms with van der Waals surface area (Å²) in [6.07, 6.45) is 4.78. The Hall–Kier alpha value is -0.950. The molecular formula is C12H24N2O4S. The van der Waals surface area contributed by atoms with Crippen molar-refractivity contribution in [1.29, 1.82) is 0 Å². The third-order valence-electron chi connectivity index (χ3n) is 2.47. The number of hydrogen-bond acceptors (Lipinski definition) is 4. The molecule has 7 heteroatoms. The topological polar surface area (TPSA) is 98.7 Å². The molecule has 0 bridgehead atoms. The van der Waals surface area contributed by atoms with Crippen molar-refractivity contribution in [3.8, 4) is 0 Å². The minimum atomic E-state index is -1.43. The summed E-state index contributed by atoms with van der Waals surface area (Å²) in [7, 11) is 0. The predicted molar refractivity (Wildman–Crippen MR) is 76.5 cm³/mol. The Morgan fingerprint density at radius 3 is 2.47 bits per heavy atom. The molecule has 0 saturated heterocycles. The number of carbonyl (C=O) groups is 2. The van der Waals surface area contributed by atoms with Gasteiger partial charge in [-0.25, -0.2) is 4.79 Å². The van der Waals surface area contributed by atoms with Crippen LogP contribution in [-0.4, -0.2) is 52.9 Å². The van der Waals surface area contributed by atoms with Gasteiger partial charge >= 0.3 is 12.0 Å². The standard InChI is InChI=1S/C12H24N2O4S/c1-12(18,8-10(15)16)9-14-11(17)13-6-4-3-5-7-19-2/h18H,3-9H2,1-2H3,(H,15,16)(H2,13,14,17). The van der Waals surface area contributed by atoms with Gasteiger partial charge in [0.15, 0.2) is 0 Å². The van der Waals surface area contributed by atoms with E-state index in [1.165, 1.54) is 6.92 Å².